The van der Waals surface area contributed by atoms with Crippen LogP contribution in [0.1, 0.15) is 33.2 Å². The molecule has 7 heteroatoms. The molecule has 0 bridgehead atoms. The molecule has 0 aliphatic heterocycles. The van der Waals surface area contributed by atoms with Crippen molar-refractivity contribution < 1.29 is 28.6 Å². The van der Waals surface area contributed by atoms with Gasteiger partial charge in [0.1, 0.15) is 11.5 Å². The number of rotatable bonds is 9. The Morgan fingerprint density at radius 1 is 0.909 bits per heavy atom. The number of carbonyl (C=O) groups is 3. The predicted molar refractivity (Wildman–Crippen MR) is 124 cm³/mol. The Bertz CT molecular complexity index is 1130. The molecule has 0 saturated heterocycles. The number of anilines is 1. The number of nitrogens with one attached hydrogen (secondary N) is 1. The van der Waals surface area contributed by atoms with E-state index in [9.17, 15) is 14.4 Å². The maximum atomic E-state index is 13.2. The van der Waals surface area contributed by atoms with Crippen molar-refractivity contribution in [1.29, 1.82) is 0 Å². The fourth-order valence-corrected chi connectivity index (χ4v) is 3.12. The Balaban J connectivity index is 1.88. The van der Waals surface area contributed by atoms with E-state index in [1.54, 1.807) is 49.4 Å². The molecule has 1 amide bonds. The minimum absolute atomic E-state index is 0.253. The average Bonchev–Trinajstić information content (AvgIpc) is 2.83. The van der Waals surface area contributed by atoms with E-state index in [-0.39, 0.29) is 12.4 Å². The molecule has 0 heterocycles. The topological polar surface area (TPSA) is 90.9 Å². The first-order valence-electron chi connectivity index (χ1n) is 10.4. The lowest BCUT2D eigenvalue weighted by atomic mass is 10.1. The summed E-state index contributed by atoms with van der Waals surface area (Å²) in [6.45, 7) is 3.85. The number of hydrogen-bond acceptors (Lipinski definition) is 6. The number of esters is 1. The third-order valence-electron chi connectivity index (χ3n) is 4.77. The molecule has 0 aliphatic carbocycles. The highest BCUT2D eigenvalue weighted by molar-refractivity contribution is 6.16. The lowest BCUT2D eigenvalue weighted by molar-refractivity contribution is -0.120. The molecule has 3 aromatic rings. The quantitative estimate of drug-likeness (QED) is 0.296. The summed E-state index contributed by atoms with van der Waals surface area (Å²) < 4.78 is 16.1. The second-order valence-corrected chi connectivity index (χ2v) is 7.17. The highest BCUT2D eigenvalue weighted by Gasteiger charge is 2.30. The molecular weight excluding hydrogens is 422 g/mol. The summed E-state index contributed by atoms with van der Waals surface area (Å²) in [5, 5.41) is 2.74. The van der Waals surface area contributed by atoms with Gasteiger partial charge in [0.2, 0.25) is 11.9 Å². The van der Waals surface area contributed by atoms with Gasteiger partial charge < -0.3 is 19.5 Å². The number of methoxy groups -OCH3 is 1. The van der Waals surface area contributed by atoms with Crippen LogP contribution in [0.5, 0.6) is 11.5 Å². The van der Waals surface area contributed by atoms with E-state index < -0.39 is 23.8 Å². The maximum Gasteiger partial charge on any atom is 0.338 e. The van der Waals surface area contributed by atoms with E-state index in [1.807, 2.05) is 13.0 Å². The molecule has 7 nitrogen and oxygen atoms in total. The van der Waals surface area contributed by atoms with Crippen LogP contribution >= 0.6 is 0 Å². The average molecular weight is 447 g/mol. The molecular formula is C26H25NO6. The number of aryl methyl sites for hydroxylation is 1. The summed E-state index contributed by atoms with van der Waals surface area (Å²) in [6.07, 6.45) is -1.47. The van der Waals surface area contributed by atoms with Gasteiger partial charge in [0.15, 0.2) is 0 Å². The third-order valence-corrected chi connectivity index (χ3v) is 4.77. The highest BCUT2D eigenvalue weighted by atomic mass is 16.5. The molecule has 0 fully saturated rings. The van der Waals surface area contributed by atoms with Crippen LogP contribution in [-0.4, -0.2) is 37.5 Å². The second kappa shape index (κ2) is 10.9. The van der Waals surface area contributed by atoms with Crippen LogP contribution in [0.25, 0.3) is 0 Å². The fraction of sp³-hybridized carbons (Fsp3) is 0.192. The molecule has 3 rings (SSSR count). The normalized spacial score (nSPS) is 11.2. The number of benzene rings is 3. The third kappa shape index (κ3) is 5.98. The molecule has 3 aromatic carbocycles. The first kappa shape index (κ1) is 23.5. The van der Waals surface area contributed by atoms with Gasteiger partial charge in [-0.25, -0.2) is 4.79 Å². The van der Waals surface area contributed by atoms with Gasteiger partial charge in [-0.15, -0.1) is 0 Å². The lowest BCUT2D eigenvalue weighted by Crippen LogP contribution is -2.40. The fourth-order valence-electron chi connectivity index (χ4n) is 3.12. The van der Waals surface area contributed by atoms with Crippen molar-refractivity contribution in [2.45, 2.75) is 20.0 Å². The van der Waals surface area contributed by atoms with Crippen LogP contribution in [0, 0.1) is 6.92 Å². The van der Waals surface area contributed by atoms with Crippen molar-refractivity contribution >= 4 is 23.3 Å². The number of amides is 1. The van der Waals surface area contributed by atoms with Crippen LogP contribution in [-0.2, 0) is 9.53 Å². The van der Waals surface area contributed by atoms with E-state index >= 15 is 0 Å². The van der Waals surface area contributed by atoms with Gasteiger partial charge in [0.25, 0.3) is 5.91 Å². The van der Waals surface area contributed by atoms with Crippen molar-refractivity contribution in [1.82, 2.24) is 0 Å². The molecule has 1 N–H and O–H groups in total. The highest BCUT2D eigenvalue weighted by Crippen LogP contribution is 2.26. The smallest absolute Gasteiger partial charge is 0.338 e. The van der Waals surface area contributed by atoms with Gasteiger partial charge in [-0.05, 0) is 55.8 Å². The minimum Gasteiger partial charge on any atom is -0.495 e. The van der Waals surface area contributed by atoms with Gasteiger partial charge in [-0.1, -0.05) is 36.4 Å². The zero-order valence-corrected chi connectivity index (χ0v) is 18.7. The summed E-state index contributed by atoms with van der Waals surface area (Å²) >= 11 is 0. The minimum atomic E-state index is -1.47. The van der Waals surface area contributed by atoms with Crippen LogP contribution in [0.15, 0.2) is 72.8 Å². The van der Waals surface area contributed by atoms with Crippen molar-refractivity contribution in [2.75, 3.05) is 19.0 Å². The van der Waals surface area contributed by atoms with Crippen molar-refractivity contribution in [3.05, 3.63) is 89.5 Å². The Kier molecular flexibility index (Phi) is 7.81. The molecule has 0 saturated carbocycles. The molecule has 1 atom stereocenters. The summed E-state index contributed by atoms with van der Waals surface area (Å²) in [4.78, 5) is 38.2. The molecule has 1 unspecified atom stereocenters. The van der Waals surface area contributed by atoms with Crippen LogP contribution < -0.4 is 14.8 Å². The maximum absolute atomic E-state index is 13.2. The largest absolute Gasteiger partial charge is 0.495 e. The molecule has 0 spiro atoms. The Morgan fingerprint density at radius 3 is 2.24 bits per heavy atom. The monoisotopic (exact) mass is 447 g/mol. The number of hydrogen-bond donors (Lipinski definition) is 1. The second-order valence-electron chi connectivity index (χ2n) is 7.17. The van der Waals surface area contributed by atoms with Gasteiger partial charge in [0.05, 0.1) is 25.0 Å². The Morgan fingerprint density at radius 2 is 1.61 bits per heavy atom. The molecule has 0 aliphatic rings. The van der Waals surface area contributed by atoms with Crippen molar-refractivity contribution in [3.63, 3.8) is 0 Å². The van der Waals surface area contributed by atoms with Crippen LogP contribution in [0.2, 0.25) is 0 Å². The standard InChI is InChI=1S/C26H25NO6/c1-4-32-26(30)19-11-13-20(14-12-19)33-24(23(28)18-8-6-5-7-9-18)25(29)27-21-16-17(2)10-15-22(21)31-3/h5-16,24H,4H2,1-3H3,(H,27,29). The van der Waals surface area contributed by atoms with Gasteiger partial charge in [0, 0.05) is 5.56 Å². The van der Waals surface area contributed by atoms with E-state index in [1.165, 1.54) is 31.4 Å². The summed E-state index contributed by atoms with van der Waals surface area (Å²) in [7, 11) is 1.49. The van der Waals surface area contributed by atoms with Crippen molar-refractivity contribution in [2.24, 2.45) is 0 Å². The van der Waals surface area contributed by atoms with Crippen LogP contribution in [0.4, 0.5) is 5.69 Å². The number of carbonyl (C=O) groups excluding carboxylic acids is 3. The Hall–Kier alpha value is -4.13. The zero-order chi connectivity index (χ0) is 23.8. The first-order chi connectivity index (χ1) is 15.9. The number of ketones is 1. The number of ether oxygens (including phenoxy) is 3. The zero-order valence-electron chi connectivity index (χ0n) is 18.7. The molecule has 0 aromatic heterocycles. The van der Waals surface area contributed by atoms with E-state index in [4.69, 9.17) is 14.2 Å². The molecule has 33 heavy (non-hydrogen) atoms. The molecule has 170 valence electrons. The first-order valence-corrected chi connectivity index (χ1v) is 10.4. The summed E-state index contributed by atoms with van der Waals surface area (Å²) in [5.74, 6) is -0.913. The number of Topliss-reactive ketones (excluding diaryl/α,β-unsaturated/α-hetero) is 1. The Labute approximate surface area is 192 Å². The van der Waals surface area contributed by atoms with Gasteiger partial charge in [-0.3, -0.25) is 9.59 Å². The lowest BCUT2D eigenvalue weighted by Gasteiger charge is -2.19. The van der Waals surface area contributed by atoms with Crippen molar-refractivity contribution in [3.8, 4) is 11.5 Å². The van der Waals surface area contributed by atoms with Gasteiger partial charge >= 0.3 is 5.97 Å². The predicted octanol–water partition coefficient (Wildman–Crippen LogP) is 4.45. The van der Waals surface area contributed by atoms with Crippen LogP contribution in [0.3, 0.4) is 0 Å². The molecule has 0 radical (unpaired) electrons. The SMILES string of the molecule is CCOC(=O)c1ccc(OC(C(=O)Nc2cc(C)ccc2OC)C(=O)c2ccccc2)cc1. The summed E-state index contributed by atoms with van der Waals surface area (Å²) in [6, 6.07) is 19.8. The van der Waals surface area contributed by atoms with Gasteiger partial charge in [-0.2, -0.15) is 0 Å². The van der Waals surface area contributed by atoms with E-state index in [2.05, 4.69) is 5.32 Å². The van der Waals surface area contributed by atoms with E-state index in [0.29, 0.717) is 22.6 Å². The van der Waals surface area contributed by atoms with E-state index in [0.717, 1.165) is 5.56 Å². The summed E-state index contributed by atoms with van der Waals surface area (Å²) in [5.41, 5.74) is 2.00.